The van der Waals surface area contributed by atoms with Crippen LogP contribution in [-0.4, -0.2) is 29.2 Å². The fraction of sp³-hybridized carbons (Fsp3) is 0.412. The molecule has 5 nitrogen and oxygen atoms in total. The van der Waals surface area contributed by atoms with Crippen molar-refractivity contribution in [1.29, 1.82) is 0 Å². The first-order valence-corrected chi connectivity index (χ1v) is 8.47. The van der Waals surface area contributed by atoms with Gasteiger partial charge in [-0.25, -0.2) is 0 Å². The third kappa shape index (κ3) is 6.86. The SMILES string of the molecule is [CH]C[C@H](C)C(=O)NCC(=O)SCC(=O)Nc1ccccc1CC. The van der Waals surface area contributed by atoms with Crippen molar-refractivity contribution in [2.45, 2.75) is 26.7 Å². The summed E-state index contributed by atoms with van der Waals surface area (Å²) in [6.45, 7) is 8.96. The van der Waals surface area contributed by atoms with Crippen LogP contribution in [-0.2, 0) is 20.8 Å². The normalized spacial score (nSPS) is 11.6. The van der Waals surface area contributed by atoms with E-state index in [1.165, 1.54) is 0 Å². The zero-order chi connectivity index (χ0) is 17.2. The number of hydrogen-bond acceptors (Lipinski definition) is 4. The lowest BCUT2D eigenvalue weighted by molar-refractivity contribution is -0.125. The smallest absolute Gasteiger partial charge is 0.234 e. The summed E-state index contributed by atoms with van der Waals surface area (Å²) in [7, 11) is 0. The van der Waals surface area contributed by atoms with Gasteiger partial charge in [0.05, 0.1) is 12.3 Å². The summed E-state index contributed by atoms with van der Waals surface area (Å²) in [4.78, 5) is 35.1. The fourth-order valence-electron chi connectivity index (χ4n) is 1.77. The van der Waals surface area contributed by atoms with E-state index in [9.17, 15) is 14.4 Å². The minimum atomic E-state index is -0.332. The summed E-state index contributed by atoms with van der Waals surface area (Å²) in [5.41, 5.74) is 1.80. The van der Waals surface area contributed by atoms with Gasteiger partial charge in [0.2, 0.25) is 16.9 Å². The average molecular weight is 334 g/mol. The molecule has 124 valence electrons. The van der Waals surface area contributed by atoms with Gasteiger partial charge in [0, 0.05) is 11.6 Å². The van der Waals surface area contributed by atoms with Crippen LogP contribution >= 0.6 is 11.8 Å². The van der Waals surface area contributed by atoms with Crippen molar-refractivity contribution >= 4 is 34.4 Å². The molecule has 0 heterocycles. The quantitative estimate of drug-likeness (QED) is 0.765. The van der Waals surface area contributed by atoms with Gasteiger partial charge in [0.1, 0.15) is 0 Å². The monoisotopic (exact) mass is 334 g/mol. The Balaban J connectivity index is 2.35. The Hall–Kier alpha value is -1.82. The molecule has 1 aromatic carbocycles. The molecule has 2 N–H and O–H groups in total. The Bertz CT molecular complexity index is 561. The molecule has 1 atom stereocenters. The van der Waals surface area contributed by atoms with Crippen molar-refractivity contribution in [2.24, 2.45) is 5.92 Å². The summed E-state index contributed by atoms with van der Waals surface area (Å²) >= 11 is 0.882. The van der Waals surface area contributed by atoms with E-state index in [1.54, 1.807) is 6.92 Å². The highest BCUT2D eigenvalue weighted by Crippen LogP contribution is 2.16. The standard InChI is InChI=1S/C17H22N2O3S/c1-4-12(3)17(22)18-10-16(21)23-11-15(20)19-14-9-7-6-8-13(14)5-2/h1,6-9,12H,4-5,10-11H2,2-3H3,(H,18,22)(H,19,20)/t12-/m0/s1. The van der Waals surface area contributed by atoms with Crippen LogP contribution in [0.5, 0.6) is 0 Å². The Morgan fingerprint density at radius 1 is 1.26 bits per heavy atom. The number of para-hydroxylation sites is 1. The zero-order valence-electron chi connectivity index (χ0n) is 13.4. The Morgan fingerprint density at radius 2 is 1.96 bits per heavy atom. The molecule has 0 bridgehead atoms. The number of thioether (sulfide) groups is 1. The maximum absolute atomic E-state index is 11.9. The summed E-state index contributed by atoms with van der Waals surface area (Å²) in [6.07, 6.45) is 1.04. The van der Waals surface area contributed by atoms with Crippen LogP contribution in [0.1, 0.15) is 25.8 Å². The van der Waals surface area contributed by atoms with E-state index >= 15 is 0 Å². The molecule has 0 aliphatic carbocycles. The Morgan fingerprint density at radius 3 is 2.61 bits per heavy atom. The van der Waals surface area contributed by atoms with Gasteiger partial charge in [-0.2, -0.15) is 0 Å². The van der Waals surface area contributed by atoms with E-state index in [-0.39, 0.29) is 41.6 Å². The van der Waals surface area contributed by atoms with Crippen molar-refractivity contribution in [3.8, 4) is 0 Å². The average Bonchev–Trinajstić information content (AvgIpc) is 2.57. The molecule has 0 spiro atoms. The molecular formula is C17H22N2O3S. The van der Waals surface area contributed by atoms with Gasteiger partial charge >= 0.3 is 0 Å². The zero-order valence-corrected chi connectivity index (χ0v) is 14.2. The lowest BCUT2D eigenvalue weighted by Crippen LogP contribution is -2.33. The van der Waals surface area contributed by atoms with Crippen LogP contribution < -0.4 is 10.6 Å². The second-order valence-corrected chi connectivity index (χ2v) is 6.11. The van der Waals surface area contributed by atoms with Crippen LogP contribution in [0.15, 0.2) is 24.3 Å². The van der Waals surface area contributed by atoms with Gasteiger partial charge in [-0.05, 0) is 31.4 Å². The highest BCUT2D eigenvalue weighted by molar-refractivity contribution is 8.14. The molecule has 0 aliphatic heterocycles. The molecule has 2 radical (unpaired) electrons. The molecule has 0 fully saturated rings. The van der Waals surface area contributed by atoms with Gasteiger partial charge < -0.3 is 10.6 Å². The van der Waals surface area contributed by atoms with Crippen LogP contribution in [0.4, 0.5) is 5.69 Å². The van der Waals surface area contributed by atoms with Crippen LogP contribution in [0.25, 0.3) is 0 Å². The number of carbonyl (C=O) groups is 3. The first-order valence-electron chi connectivity index (χ1n) is 7.49. The maximum Gasteiger partial charge on any atom is 0.234 e. The van der Waals surface area contributed by atoms with Gasteiger partial charge in [-0.15, -0.1) is 0 Å². The molecule has 0 unspecified atom stereocenters. The molecular weight excluding hydrogens is 312 g/mol. The second kappa shape index (κ2) is 10.0. The Kier molecular flexibility index (Phi) is 8.40. The minimum absolute atomic E-state index is 0.0131. The molecule has 0 saturated heterocycles. The van der Waals surface area contributed by atoms with Crippen LogP contribution in [0.2, 0.25) is 0 Å². The summed E-state index contributed by atoms with van der Waals surface area (Å²) in [5, 5.41) is 5.03. The lowest BCUT2D eigenvalue weighted by atomic mass is 10.1. The molecule has 6 heteroatoms. The van der Waals surface area contributed by atoms with Crippen LogP contribution in [0, 0.1) is 12.8 Å². The van der Waals surface area contributed by atoms with E-state index in [4.69, 9.17) is 6.92 Å². The van der Waals surface area contributed by atoms with Crippen molar-refractivity contribution in [3.05, 3.63) is 36.8 Å². The summed E-state index contributed by atoms with van der Waals surface area (Å²) in [5.74, 6) is -0.825. The number of amides is 2. The molecule has 0 aliphatic rings. The highest BCUT2D eigenvalue weighted by Gasteiger charge is 2.13. The first kappa shape index (κ1) is 19.2. The molecule has 2 amide bonds. The fourth-order valence-corrected chi connectivity index (χ4v) is 2.31. The largest absolute Gasteiger partial charge is 0.348 e. The van der Waals surface area contributed by atoms with E-state index in [0.717, 1.165) is 29.4 Å². The van der Waals surface area contributed by atoms with Crippen molar-refractivity contribution in [1.82, 2.24) is 5.32 Å². The van der Waals surface area contributed by atoms with E-state index in [0.29, 0.717) is 0 Å². The van der Waals surface area contributed by atoms with Gasteiger partial charge in [0.15, 0.2) is 0 Å². The lowest BCUT2D eigenvalue weighted by Gasteiger charge is -2.10. The van der Waals surface area contributed by atoms with Gasteiger partial charge in [0.25, 0.3) is 0 Å². The molecule has 0 aromatic heterocycles. The minimum Gasteiger partial charge on any atom is -0.348 e. The molecule has 0 saturated carbocycles. The predicted octanol–water partition coefficient (Wildman–Crippen LogP) is 2.30. The van der Waals surface area contributed by atoms with Crippen molar-refractivity contribution in [3.63, 3.8) is 0 Å². The van der Waals surface area contributed by atoms with E-state index in [1.807, 2.05) is 31.2 Å². The van der Waals surface area contributed by atoms with Gasteiger partial charge in [-0.1, -0.05) is 43.8 Å². The highest BCUT2D eigenvalue weighted by atomic mass is 32.2. The second-order valence-electron chi connectivity index (χ2n) is 5.07. The number of anilines is 1. The molecule has 1 rings (SSSR count). The molecule has 23 heavy (non-hydrogen) atoms. The number of hydrogen-bond donors (Lipinski definition) is 2. The summed E-state index contributed by atoms with van der Waals surface area (Å²) in [6, 6.07) is 7.54. The third-order valence-corrected chi connectivity index (χ3v) is 4.12. The number of nitrogens with one attached hydrogen (secondary N) is 2. The van der Waals surface area contributed by atoms with Crippen molar-refractivity contribution in [2.75, 3.05) is 17.6 Å². The van der Waals surface area contributed by atoms with Crippen LogP contribution in [0.3, 0.4) is 0 Å². The number of rotatable bonds is 8. The molecule has 1 aromatic rings. The van der Waals surface area contributed by atoms with E-state index < -0.39 is 0 Å². The number of aryl methyl sites for hydroxylation is 1. The first-order chi connectivity index (χ1) is 11.0. The number of benzene rings is 1. The van der Waals surface area contributed by atoms with E-state index in [2.05, 4.69) is 10.6 Å². The van der Waals surface area contributed by atoms with Crippen molar-refractivity contribution < 1.29 is 14.4 Å². The Labute approximate surface area is 141 Å². The summed E-state index contributed by atoms with van der Waals surface area (Å²) < 4.78 is 0. The number of carbonyl (C=O) groups excluding carboxylic acids is 3. The third-order valence-electron chi connectivity index (χ3n) is 3.24. The van der Waals surface area contributed by atoms with Gasteiger partial charge in [-0.3, -0.25) is 14.4 Å². The topological polar surface area (TPSA) is 75.3 Å². The maximum atomic E-state index is 11.9. The predicted molar refractivity (Wildman–Crippen MR) is 93.0 cm³/mol.